The van der Waals surface area contributed by atoms with E-state index in [0.717, 1.165) is 0 Å². The molecule has 4 heteroatoms. The molecule has 1 aromatic rings. The van der Waals surface area contributed by atoms with E-state index in [1.165, 1.54) is 7.11 Å². The van der Waals surface area contributed by atoms with Crippen LogP contribution in [0.15, 0.2) is 24.5 Å². The number of ether oxygens (including phenoxy) is 1. The molecule has 0 aliphatic carbocycles. The van der Waals surface area contributed by atoms with E-state index in [4.69, 9.17) is 5.73 Å². The van der Waals surface area contributed by atoms with Crippen molar-refractivity contribution in [3.63, 3.8) is 0 Å². The van der Waals surface area contributed by atoms with E-state index in [1.54, 1.807) is 0 Å². The summed E-state index contributed by atoms with van der Waals surface area (Å²) in [6.07, 6.45) is 3.70. The second-order valence-electron chi connectivity index (χ2n) is 2.51. The fraction of sp³-hybridized carbons (Fsp3) is 0.375. The Morgan fingerprint density at radius 2 is 2.17 bits per heavy atom. The Kier molecular flexibility index (Phi) is 2.88. The first-order valence-electron chi connectivity index (χ1n) is 3.68. The number of carbonyl (C=O) groups is 1. The molecule has 2 N–H and O–H groups in total. The van der Waals surface area contributed by atoms with Crippen LogP contribution in [0.4, 0.5) is 0 Å². The molecule has 0 aliphatic heterocycles. The Balaban J connectivity index is 2.47. The second-order valence-corrected chi connectivity index (χ2v) is 2.51. The third-order valence-corrected chi connectivity index (χ3v) is 1.58. The van der Waals surface area contributed by atoms with Crippen molar-refractivity contribution in [3.8, 4) is 0 Å². The largest absolute Gasteiger partial charge is 0.468 e. The van der Waals surface area contributed by atoms with E-state index in [2.05, 4.69) is 4.74 Å². The quantitative estimate of drug-likeness (QED) is 0.646. The summed E-state index contributed by atoms with van der Waals surface area (Å²) in [5.74, 6) is -0.385. The van der Waals surface area contributed by atoms with Gasteiger partial charge in [-0.3, -0.25) is 4.79 Å². The van der Waals surface area contributed by atoms with E-state index in [9.17, 15) is 4.79 Å². The highest BCUT2D eigenvalue weighted by atomic mass is 16.5. The molecular formula is C8H12N2O2. The Bertz CT molecular complexity index is 244. The van der Waals surface area contributed by atoms with Gasteiger partial charge in [-0.25, -0.2) is 0 Å². The fourth-order valence-corrected chi connectivity index (χ4v) is 0.945. The normalized spacial score (nSPS) is 12.5. The maximum atomic E-state index is 10.9. The summed E-state index contributed by atoms with van der Waals surface area (Å²) in [7, 11) is 1.33. The summed E-state index contributed by atoms with van der Waals surface area (Å²) in [4.78, 5) is 10.9. The number of hydrogen-bond acceptors (Lipinski definition) is 3. The molecule has 0 aliphatic rings. The van der Waals surface area contributed by atoms with Gasteiger partial charge >= 0.3 is 5.97 Å². The highest BCUT2D eigenvalue weighted by Crippen LogP contribution is 1.93. The number of esters is 1. The third-order valence-electron chi connectivity index (χ3n) is 1.58. The Hall–Kier alpha value is -1.29. The van der Waals surface area contributed by atoms with Gasteiger partial charge in [-0.1, -0.05) is 0 Å². The third kappa shape index (κ3) is 2.10. The monoisotopic (exact) mass is 168 g/mol. The number of aromatic nitrogens is 1. The summed E-state index contributed by atoms with van der Waals surface area (Å²) in [6, 6.07) is 3.18. The molecule has 0 aromatic carbocycles. The van der Waals surface area contributed by atoms with Gasteiger partial charge in [-0.15, -0.1) is 0 Å². The van der Waals surface area contributed by atoms with Crippen LogP contribution >= 0.6 is 0 Å². The van der Waals surface area contributed by atoms with E-state index < -0.39 is 6.04 Å². The number of nitrogens with two attached hydrogens (primary N) is 1. The van der Waals surface area contributed by atoms with Crippen molar-refractivity contribution < 1.29 is 9.53 Å². The first-order valence-corrected chi connectivity index (χ1v) is 3.68. The fourth-order valence-electron chi connectivity index (χ4n) is 0.945. The van der Waals surface area contributed by atoms with Gasteiger partial charge in [0.15, 0.2) is 0 Å². The average Bonchev–Trinajstić information content (AvgIpc) is 2.55. The van der Waals surface area contributed by atoms with Gasteiger partial charge in [0.2, 0.25) is 0 Å². The molecule has 0 saturated heterocycles. The predicted octanol–water partition coefficient (Wildman–Crippen LogP) is -0.0116. The summed E-state index contributed by atoms with van der Waals surface area (Å²) < 4.78 is 6.32. The van der Waals surface area contributed by atoms with Crippen LogP contribution in [0.1, 0.15) is 0 Å². The number of methoxy groups -OCH3 is 1. The summed E-state index contributed by atoms with van der Waals surface area (Å²) >= 11 is 0. The Morgan fingerprint density at radius 1 is 1.58 bits per heavy atom. The lowest BCUT2D eigenvalue weighted by Crippen LogP contribution is -2.35. The van der Waals surface area contributed by atoms with Crippen molar-refractivity contribution >= 4 is 5.97 Å². The molecular weight excluding hydrogens is 156 g/mol. The Morgan fingerprint density at radius 3 is 2.67 bits per heavy atom. The SMILES string of the molecule is COC(=O)[C@@H](N)Cn1cccc1. The molecule has 0 saturated carbocycles. The Labute approximate surface area is 70.9 Å². The minimum Gasteiger partial charge on any atom is -0.468 e. The van der Waals surface area contributed by atoms with Gasteiger partial charge < -0.3 is 15.0 Å². The standard InChI is InChI=1S/C8H12N2O2/c1-12-8(11)7(9)6-10-4-2-3-5-10/h2-5,7H,6,9H2,1H3/t7-/m0/s1. The van der Waals surface area contributed by atoms with Crippen molar-refractivity contribution in [2.75, 3.05) is 7.11 Å². The average molecular weight is 168 g/mol. The molecule has 0 spiro atoms. The topological polar surface area (TPSA) is 57.2 Å². The maximum absolute atomic E-state index is 10.9. The zero-order valence-electron chi connectivity index (χ0n) is 6.93. The van der Waals surface area contributed by atoms with Gasteiger partial charge in [0.25, 0.3) is 0 Å². The number of rotatable bonds is 3. The van der Waals surface area contributed by atoms with Crippen LogP contribution in [-0.4, -0.2) is 23.7 Å². The van der Waals surface area contributed by atoms with E-state index >= 15 is 0 Å². The first-order chi connectivity index (χ1) is 5.74. The lowest BCUT2D eigenvalue weighted by atomic mass is 10.3. The lowest BCUT2D eigenvalue weighted by Gasteiger charge is -2.09. The molecule has 66 valence electrons. The number of carbonyl (C=O) groups excluding carboxylic acids is 1. The zero-order chi connectivity index (χ0) is 8.97. The smallest absolute Gasteiger partial charge is 0.324 e. The molecule has 0 amide bonds. The van der Waals surface area contributed by atoms with Crippen LogP contribution in [0, 0.1) is 0 Å². The molecule has 12 heavy (non-hydrogen) atoms. The van der Waals surface area contributed by atoms with Gasteiger partial charge in [0.1, 0.15) is 6.04 Å². The van der Waals surface area contributed by atoms with Crippen LogP contribution < -0.4 is 5.73 Å². The molecule has 4 nitrogen and oxygen atoms in total. The predicted molar refractivity (Wildman–Crippen MR) is 44.4 cm³/mol. The molecule has 0 fully saturated rings. The minimum atomic E-state index is -0.581. The summed E-state index contributed by atoms with van der Waals surface area (Å²) in [5.41, 5.74) is 5.52. The van der Waals surface area contributed by atoms with Crippen LogP contribution in [0.3, 0.4) is 0 Å². The second kappa shape index (κ2) is 3.92. The molecule has 0 unspecified atom stereocenters. The van der Waals surface area contributed by atoms with Crippen molar-refractivity contribution in [3.05, 3.63) is 24.5 Å². The van der Waals surface area contributed by atoms with Crippen molar-refractivity contribution in [1.29, 1.82) is 0 Å². The summed E-state index contributed by atoms with van der Waals surface area (Å²) in [5, 5.41) is 0. The highest BCUT2D eigenvalue weighted by molar-refractivity contribution is 5.75. The van der Waals surface area contributed by atoms with Crippen molar-refractivity contribution in [1.82, 2.24) is 4.57 Å². The van der Waals surface area contributed by atoms with Gasteiger partial charge in [-0.05, 0) is 12.1 Å². The number of nitrogens with zero attached hydrogens (tertiary/aromatic N) is 1. The van der Waals surface area contributed by atoms with Crippen molar-refractivity contribution in [2.45, 2.75) is 12.6 Å². The first kappa shape index (κ1) is 8.80. The lowest BCUT2D eigenvalue weighted by molar-refractivity contribution is -0.142. The van der Waals surface area contributed by atoms with E-state index in [-0.39, 0.29) is 5.97 Å². The number of hydrogen-bond donors (Lipinski definition) is 1. The van der Waals surface area contributed by atoms with E-state index in [0.29, 0.717) is 6.54 Å². The maximum Gasteiger partial charge on any atom is 0.324 e. The van der Waals surface area contributed by atoms with Crippen LogP contribution in [-0.2, 0) is 16.1 Å². The zero-order valence-corrected chi connectivity index (χ0v) is 6.93. The van der Waals surface area contributed by atoms with Crippen LogP contribution in [0.2, 0.25) is 0 Å². The molecule has 1 atom stereocenters. The molecule has 0 bridgehead atoms. The molecule has 1 rings (SSSR count). The highest BCUT2D eigenvalue weighted by Gasteiger charge is 2.12. The van der Waals surface area contributed by atoms with Gasteiger partial charge in [-0.2, -0.15) is 0 Å². The van der Waals surface area contributed by atoms with Crippen LogP contribution in [0.5, 0.6) is 0 Å². The molecule has 1 aromatic heterocycles. The van der Waals surface area contributed by atoms with Gasteiger partial charge in [0, 0.05) is 18.9 Å². The van der Waals surface area contributed by atoms with E-state index in [1.807, 2.05) is 29.1 Å². The minimum absolute atomic E-state index is 0.385. The van der Waals surface area contributed by atoms with Crippen molar-refractivity contribution in [2.24, 2.45) is 5.73 Å². The molecule has 0 radical (unpaired) electrons. The van der Waals surface area contributed by atoms with Gasteiger partial charge in [0.05, 0.1) is 7.11 Å². The summed E-state index contributed by atoms with van der Waals surface area (Å²) in [6.45, 7) is 0.458. The van der Waals surface area contributed by atoms with Crippen LogP contribution in [0.25, 0.3) is 0 Å². The molecule has 1 heterocycles.